The van der Waals surface area contributed by atoms with E-state index in [4.69, 9.17) is 5.11 Å². The van der Waals surface area contributed by atoms with Gasteiger partial charge in [-0.15, -0.1) is 11.8 Å². The molecule has 1 N–H and O–H groups in total. The minimum Gasteiger partial charge on any atom is -0.478 e. The highest BCUT2D eigenvalue weighted by atomic mass is 32.2. The summed E-state index contributed by atoms with van der Waals surface area (Å²) in [6.45, 7) is 0. The SMILES string of the molecule is CS(=O)(=O)C1CCCC(Sc2ccccc2C(=O)O)C1. The number of thioether (sulfide) groups is 1. The maximum atomic E-state index is 11.7. The first-order valence-electron chi connectivity index (χ1n) is 6.56. The standard InChI is InChI=1S/C14H18O4S2/c1-20(17,18)11-6-4-5-10(9-11)19-13-8-3-2-7-12(13)14(15)16/h2-3,7-8,10-11H,4-6,9H2,1H3,(H,15,16). The van der Waals surface area contributed by atoms with E-state index in [2.05, 4.69) is 0 Å². The van der Waals surface area contributed by atoms with Crippen LogP contribution < -0.4 is 0 Å². The van der Waals surface area contributed by atoms with Crippen LogP contribution in [0.5, 0.6) is 0 Å². The molecule has 1 aliphatic rings. The lowest BCUT2D eigenvalue weighted by atomic mass is 10.00. The summed E-state index contributed by atoms with van der Waals surface area (Å²) in [7, 11) is -3.01. The molecule has 110 valence electrons. The van der Waals surface area contributed by atoms with Crippen LogP contribution in [0.2, 0.25) is 0 Å². The Balaban J connectivity index is 2.12. The van der Waals surface area contributed by atoms with E-state index in [-0.39, 0.29) is 10.5 Å². The first-order chi connectivity index (χ1) is 9.38. The molecule has 0 heterocycles. The van der Waals surface area contributed by atoms with Crippen LogP contribution in [0, 0.1) is 0 Å². The van der Waals surface area contributed by atoms with Gasteiger partial charge in [-0.25, -0.2) is 13.2 Å². The normalized spacial score (nSPS) is 23.4. The number of hydrogen-bond acceptors (Lipinski definition) is 4. The van der Waals surface area contributed by atoms with E-state index < -0.39 is 15.8 Å². The molecule has 0 spiro atoms. The third-order valence-corrected chi connectivity index (χ3v) is 6.61. The molecule has 2 unspecified atom stereocenters. The minimum atomic E-state index is -3.01. The lowest BCUT2D eigenvalue weighted by Gasteiger charge is -2.27. The van der Waals surface area contributed by atoms with E-state index in [0.717, 1.165) is 24.2 Å². The number of aromatic carboxylic acids is 1. The molecule has 2 rings (SSSR count). The van der Waals surface area contributed by atoms with Crippen LogP contribution in [0.3, 0.4) is 0 Å². The number of benzene rings is 1. The molecule has 0 saturated heterocycles. The van der Waals surface area contributed by atoms with E-state index in [0.29, 0.717) is 12.0 Å². The Morgan fingerprint density at radius 1 is 1.30 bits per heavy atom. The van der Waals surface area contributed by atoms with Crippen molar-refractivity contribution in [3.8, 4) is 0 Å². The van der Waals surface area contributed by atoms with Crippen molar-refractivity contribution >= 4 is 27.6 Å². The van der Waals surface area contributed by atoms with Gasteiger partial charge >= 0.3 is 5.97 Å². The van der Waals surface area contributed by atoms with Gasteiger partial charge in [-0.1, -0.05) is 18.6 Å². The zero-order chi connectivity index (χ0) is 14.8. The molecule has 0 bridgehead atoms. The molecule has 6 heteroatoms. The largest absolute Gasteiger partial charge is 0.478 e. The molecule has 1 fully saturated rings. The monoisotopic (exact) mass is 314 g/mol. The van der Waals surface area contributed by atoms with Crippen LogP contribution in [0.1, 0.15) is 36.0 Å². The molecule has 2 atom stereocenters. The van der Waals surface area contributed by atoms with Crippen LogP contribution in [-0.4, -0.2) is 36.2 Å². The van der Waals surface area contributed by atoms with Gasteiger partial charge in [0, 0.05) is 16.4 Å². The van der Waals surface area contributed by atoms with Gasteiger partial charge in [0.15, 0.2) is 0 Å². The van der Waals surface area contributed by atoms with Gasteiger partial charge in [0.1, 0.15) is 9.84 Å². The number of carboxylic acid groups (broad SMARTS) is 1. The summed E-state index contributed by atoms with van der Waals surface area (Å²) in [5.41, 5.74) is 0.291. The summed E-state index contributed by atoms with van der Waals surface area (Å²) in [5.74, 6) is -0.941. The third-order valence-electron chi connectivity index (χ3n) is 3.59. The molecule has 4 nitrogen and oxygen atoms in total. The summed E-state index contributed by atoms with van der Waals surface area (Å²) in [5, 5.41) is 9.05. The average Bonchev–Trinajstić information content (AvgIpc) is 2.38. The van der Waals surface area contributed by atoms with Crippen molar-refractivity contribution in [2.24, 2.45) is 0 Å². The molecular weight excluding hydrogens is 296 g/mol. The second-order valence-electron chi connectivity index (χ2n) is 5.16. The molecular formula is C14H18O4S2. The molecule has 20 heavy (non-hydrogen) atoms. The van der Waals surface area contributed by atoms with Crippen LogP contribution in [0.25, 0.3) is 0 Å². The van der Waals surface area contributed by atoms with Crippen molar-refractivity contribution in [1.82, 2.24) is 0 Å². The Morgan fingerprint density at radius 3 is 2.65 bits per heavy atom. The Bertz CT molecular complexity index is 595. The second-order valence-corrected chi connectivity index (χ2v) is 8.83. The summed E-state index contributed by atoms with van der Waals surface area (Å²) in [6, 6.07) is 6.89. The van der Waals surface area contributed by atoms with E-state index >= 15 is 0 Å². The van der Waals surface area contributed by atoms with E-state index in [1.165, 1.54) is 18.0 Å². The zero-order valence-corrected chi connectivity index (χ0v) is 12.9. The average molecular weight is 314 g/mol. The van der Waals surface area contributed by atoms with Crippen molar-refractivity contribution in [2.75, 3.05) is 6.26 Å². The van der Waals surface area contributed by atoms with Gasteiger partial charge in [-0.05, 0) is 31.4 Å². The Kier molecular flexibility index (Phi) is 4.75. The quantitative estimate of drug-likeness (QED) is 0.925. The molecule has 1 aromatic carbocycles. The maximum Gasteiger partial charge on any atom is 0.336 e. The fraction of sp³-hybridized carbons (Fsp3) is 0.500. The molecule has 1 aliphatic carbocycles. The number of rotatable bonds is 4. The smallest absolute Gasteiger partial charge is 0.336 e. The van der Waals surface area contributed by atoms with Gasteiger partial charge in [-0.2, -0.15) is 0 Å². The van der Waals surface area contributed by atoms with E-state index in [1.54, 1.807) is 18.2 Å². The summed E-state index contributed by atoms with van der Waals surface area (Å²) < 4.78 is 23.3. The first kappa shape index (κ1) is 15.4. The van der Waals surface area contributed by atoms with Crippen LogP contribution >= 0.6 is 11.8 Å². The van der Waals surface area contributed by atoms with Crippen LogP contribution in [0.15, 0.2) is 29.2 Å². The van der Waals surface area contributed by atoms with Gasteiger partial charge < -0.3 is 5.11 Å². The van der Waals surface area contributed by atoms with E-state index in [9.17, 15) is 13.2 Å². The Hall–Kier alpha value is -1.01. The van der Waals surface area contributed by atoms with Crippen molar-refractivity contribution in [3.63, 3.8) is 0 Å². The molecule has 0 amide bonds. The Labute approximate surface area is 123 Å². The predicted molar refractivity (Wildman–Crippen MR) is 80.1 cm³/mol. The number of carboxylic acids is 1. The fourth-order valence-electron chi connectivity index (χ4n) is 2.52. The lowest BCUT2D eigenvalue weighted by Crippen LogP contribution is -2.28. The highest BCUT2D eigenvalue weighted by Gasteiger charge is 2.29. The minimum absolute atomic E-state index is 0.170. The maximum absolute atomic E-state index is 11.7. The topological polar surface area (TPSA) is 71.4 Å². The zero-order valence-electron chi connectivity index (χ0n) is 11.3. The van der Waals surface area contributed by atoms with Crippen LogP contribution in [0.4, 0.5) is 0 Å². The molecule has 0 aliphatic heterocycles. The van der Waals surface area contributed by atoms with Crippen molar-refractivity contribution in [3.05, 3.63) is 29.8 Å². The Morgan fingerprint density at radius 2 is 2.00 bits per heavy atom. The first-order valence-corrected chi connectivity index (χ1v) is 9.39. The fourth-order valence-corrected chi connectivity index (χ4v) is 5.23. The number of carbonyl (C=O) groups is 1. The number of hydrogen-bond donors (Lipinski definition) is 1. The van der Waals surface area contributed by atoms with Gasteiger partial charge in [0.2, 0.25) is 0 Å². The second kappa shape index (κ2) is 6.18. The highest BCUT2D eigenvalue weighted by molar-refractivity contribution is 8.00. The molecule has 1 saturated carbocycles. The van der Waals surface area contributed by atoms with Crippen molar-refractivity contribution in [2.45, 2.75) is 41.1 Å². The predicted octanol–water partition coefficient (Wildman–Crippen LogP) is 2.83. The van der Waals surface area contributed by atoms with Gasteiger partial charge in [0.05, 0.1) is 10.8 Å². The molecule has 0 radical (unpaired) electrons. The summed E-state index contributed by atoms with van der Waals surface area (Å²) >= 11 is 1.49. The van der Waals surface area contributed by atoms with Gasteiger partial charge in [0.25, 0.3) is 0 Å². The van der Waals surface area contributed by atoms with Crippen LogP contribution in [-0.2, 0) is 9.84 Å². The van der Waals surface area contributed by atoms with Gasteiger partial charge in [-0.3, -0.25) is 0 Å². The molecule has 1 aromatic rings. The summed E-state index contributed by atoms with van der Waals surface area (Å²) in [6.07, 6.45) is 4.43. The van der Waals surface area contributed by atoms with Crippen molar-refractivity contribution in [1.29, 1.82) is 0 Å². The lowest BCUT2D eigenvalue weighted by molar-refractivity contribution is 0.0693. The number of sulfone groups is 1. The van der Waals surface area contributed by atoms with Crippen molar-refractivity contribution < 1.29 is 18.3 Å². The summed E-state index contributed by atoms with van der Waals surface area (Å²) in [4.78, 5) is 11.9. The van der Waals surface area contributed by atoms with E-state index in [1.807, 2.05) is 6.07 Å². The highest BCUT2D eigenvalue weighted by Crippen LogP contribution is 2.37. The molecule has 0 aromatic heterocycles. The third kappa shape index (κ3) is 3.76.